The number of likely N-dealkylation sites (tertiary alicyclic amines) is 1. The molecule has 1 aromatic rings. The molecule has 21 heavy (non-hydrogen) atoms. The van der Waals surface area contributed by atoms with Crippen LogP contribution in [0.2, 0.25) is 0 Å². The van der Waals surface area contributed by atoms with E-state index in [-0.39, 0.29) is 0 Å². The summed E-state index contributed by atoms with van der Waals surface area (Å²) >= 11 is 3.59. The van der Waals surface area contributed by atoms with E-state index in [0.29, 0.717) is 6.04 Å². The molecule has 1 aliphatic rings. The number of hydrogen-bond acceptors (Lipinski definition) is 2. The first kappa shape index (κ1) is 17.0. The van der Waals surface area contributed by atoms with Crippen molar-refractivity contribution in [3.8, 4) is 0 Å². The van der Waals surface area contributed by atoms with Gasteiger partial charge in [-0.3, -0.25) is 0 Å². The standard InChI is InChI=1S/C18H29BrN2/c1-3-15-7-6-11-21(14-15)12-10-18(20-4-2)16-8-5-9-17(19)13-16/h5,8-9,13,15,18,20H,3-4,6-7,10-12,14H2,1-2H3. The third kappa shape index (κ3) is 5.39. The summed E-state index contributed by atoms with van der Waals surface area (Å²) in [6.07, 6.45) is 5.33. The molecule has 0 aromatic heterocycles. The average Bonchev–Trinajstić information content (AvgIpc) is 2.51. The van der Waals surface area contributed by atoms with E-state index in [1.807, 2.05) is 0 Å². The third-order valence-corrected chi connectivity index (χ3v) is 5.11. The van der Waals surface area contributed by atoms with Gasteiger partial charge in [0, 0.05) is 17.1 Å². The van der Waals surface area contributed by atoms with E-state index in [4.69, 9.17) is 0 Å². The zero-order valence-corrected chi connectivity index (χ0v) is 15.0. The molecule has 0 radical (unpaired) electrons. The fourth-order valence-electron chi connectivity index (χ4n) is 3.36. The van der Waals surface area contributed by atoms with Crippen LogP contribution in [-0.2, 0) is 0 Å². The highest BCUT2D eigenvalue weighted by molar-refractivity contribution is 9.10. The van der Waals surface area contributed by atoms with Crippen molar-refractivity contribution < 1.29 is 0 Å². The Kier molecular flexibility index (Phi) is 7.21. The van der Waals surface area contributed by atoms with Crippen LogP contribution in [0.15, 0.2) is 28.7 Å². The minimum atomic E-state index is 0.467. The third-order valence-electron chi connectivity index (χ3n) is 4.62. The van der Waals surface area contributed by atoms with Gasteiger partial charge in [-0.15, -0.1) is 0 Å². The SMILES string of the molecule is CCNC(CCN1CCCC(CC)C1)c1cccc(Br)c1. The number of hydrogen-bond donors (Lipinski definition) is 1. The van der Waals surface area contributed by atoms with E-state index in [0.717, 1.165) is 12.5 Å². The first-order valence-electron chi connectivity index (χ1n) is 8.44. The van der Waals surface area contributed by atoms with Crippen LogP contribution in [0.3, 0.4) is 0 Å². The van der Waals surface area contributed by atoms with Gasteiger partial charge in [-0.05, 0) is 62.5 Å². The van der Waals surface area contributed by atoms with Crippen molar-refractivity contribution in [3.63, 3.8) is 0 Å². The number of nitrogens with one attached hydrogen (secondary N) is 1. The summed E-state index contributed by atoms with van der Waals surface area (Å²) < 4.78 is 1.17. The lowest BCUT2D eigenvalue weighted by molar-refractivity contribution is 0.165. The highest BCUT2D eigenvalue weighted by atomic mass is 79.9. The van der Waals surface area contributed by atoms with Crippen LogP contribution in [0.5, 0.6) is 0 Å². The molecule has 1 heterocycles. The molecule has 1 N–H and O–H groups in total. The Balaban J connectivity index is 1.91. The summed E-state index contributed by atoms with van der Waals surface area (Å²) in [4.78, 5) is 2.67. The second kappa shape index (κ2) is 8.92. The molecule has 1 aliphatic heterocycles. The van der Waals surface area contributed by atoms with Gasteiger partial charge in [0.05, 0.1) is 0 Å². The largest absolute Gasteiger partial charge is 0.310 e. The number of halogens is 1. The molecular formula is C18H29BrN2. The fraction of sp³-hybridized carbons (Fsp3) is 0.667. The molecule has 3 heteroatoms. The van der Waals surface area contributed by atoms with E-state index in [1.165, 1.54) is 55.4 Å². The zero-order valence-electron chi connectivity index (χ0n) is 13.4. The summed E-state index contributed by atoms with van der Waals surface area (Å²) in [7, 11) is 0. The predicted molar refractivity (Wildman–Crippen MR) is 94.6 cm³/mol. The van der Waals surface area contributed by atoms with Crippen molar-refractivity contribution in [3.05, 3.63) is 34.3 Å². The van der Waals surface area contributed by atoms with Gasteiger partial charge in [0.15, 0.2) is 0 Å². The molecule has 1 aromatic carbocycles. The second-order valence-corrected chi connectivity index (χ2v) is 7.09. The van der Waals surface area contributed by atoms with Gasteiger partial charge >= 0.3 is 0 Å². The minimum absolute atomic E-state index is 0.467. The molecule has 0 spiro atoms. The molecule has 0 saturated carbocycles. The number of benzene rings is 1. The van der Waals surface area contributed by atoms with Crippen LogP contribution in [0.1, 0.15) is 51.1 Å². The maximum Gasteiger partial charge on any atom is 0.0332 e. The van der Waals surface area contributed by atoms with Crippen molar-refractivity contribution in [2.75, 3.05) is 26.2 Å². The van der Waals surface area contributed by atoms with Gasteiger partial charge < -0.3 is 10.2 Å². The van der Waals surface area contributed by atoms with Crippen LogP contribution < -0.4 is 5.32 Å². The van der Waals surface area contributed by atoms with E-state index in [2.05, 4.69) is 64.3 Å². The van der Waals surface area contributed by atoms with Crippen molar-refractivity contribution >= 4 is 15.9 Å². The first-order valence-corrected chi connectivity index (χ1v) is 9.23. The van der Waals surface area contributed by atoms with Gasteiger partial charge in [-0.2, -0.15) is 0 Å². The Bertz CT molecular complexity index is 421. The second-order valence-electron chi connectivity index (χ2n) is 6.17. The lowest BCUT2D eigenvalue weighted by Crippen LogP contribution is -2.37. The van der Waals surface area contributed by atoms with E-state index in [1.54, 1.807) is 0 Å². The van der Waals surface area contributed by atoms with Crippen LogP contribution in [0, 0.1) is 5.92 Å². The number of rotatable bonds is 7. The van der Waals surface area contributed by atoms with Crippen molar-refractivity contribution in [1.29, 1.82) is 0 Å². The Morgan fingerprint density at radius 1 is 1.38 bits per heavy atom. The number of nitrogens with zero attached hydrogens (tertiary/aromatic N) is 1. The van der Waals surface area contributed by atoms with Gasteiger partial charge in [-0.25, -0.2) is 0 Å². The van der Waals surface area contributed by atoms with Crippen LogP contribution in [0.25, 0.3) is 0 Å². The van der Waals surface area contributed by atoms with Crippen LogP contribution in [0.4, 0.5) is 0 Å². The molecule has 118 valence electrons. The van der Waals surface area contributed by atoms with Crippen molar-refractivity contribution in [2.24, 2.45) is 5.92 Å². The Morgan fingerprint density at radius 3 is 2.95 bits per heavy atom. The van der Waals surface area contributed by atoms with E-state index in [9.17, 15) is 0 Å². The highest BCUT2D eigenvalue weighted by Gasteiger charge is 2.19. The maximum absolute atomic E-state index is 3.64. The van der Waals surface area contributed by atoms with Crippen LogP contribution in [-0.4, -0.2) is 31.1 Å². The summed E-state index contributed by atoms with van der Waals surface area (Å²) in [6.45, 7) is 9.34. The topological polar surface area (TPSA) is 15.3 Å². The fourth-order valence-corrected chi connectivity index (χ4v) is 3.77. The van der Waals surface area contributed by atoms with Gasteiger partial charge in [0.1, 0.15) is 0 Å². The summed E-state index contributed by atoms with van der Waals surface area (Å²) in [5, 5.41) is 3.64. The zero-order chi connectivity index (χ0) is 15.1. The normalized spacial score (nSPS) is 21.4. The molecule has 2 unspecified atom stereocenters. The average molecular weight is 353 g/mol. The maximum atomic E-state index is 3.64. The summed E-state index contributed by atoms with van der Waals surface area (Å²) in [5.74, 6) is 0.919. The molecule has 0 amide bonds. The minimum Gasteiger partial charge on any atom is -0.310 e. The quantitative estimate of drug-likeness (QED) is 0.770. The van der Waals surface area contributed by atoms with Gasteiger partial charge in [-0.1, -0.05) is 48.3 Å². The molecule has 2 nitrogen and oxygen atoms in total. The molecule has 1 fully saturated rings. The molecule has 2 atom stereocenters. The highest BCUT2D eigenvalue weighted by Crippen LogP contribution is 2.23. The Morgan fingerprint density at radius 2 is 2.24 bits per heavy atom. The smallest absolute Gasteiger partial charge is 0.0332 e. The van der Waals surface area contributed by atoms with Gasteiger partial charge in [0.2, 0.25) is 0 Å². The summed E-state index contributed by atoms with van der Waals surface area (Å²) in [5.41, 5.74) is 1.40. The van der Waals surface area contributed by atoms with Crippen molar-refractivity contribution in [1.82, 2.24) is 10.2 Å². The molecule has 0 aliphatic carbocycles. The van der Waals surface area contributed by atoms with Crippen LogP contribution >= 0.6 is 15.9 Å². The molecular weight excluding hydrogens is 324 g/mol. The predicted octanol–water partition coefficient (Wildman–Crippen LogP) is 4.61. The lowest BCUT2D eigenvalue weighted by atomic mass is 9.95. The monoisotopic (exact) mass is 352 g/mol. The summed E-state index contributed by atoms with van der Waals surface area (Å²) in [6, 6.07) is 9.19. The first-order chi connectivity index (χ1) is 10.2. The Labute approximate surface area is 138 Å². The molecule has 0 bridgehead atoms. The van der Waals surface area contributed by atoms with E-state index < -0.39 is 0 Å². The molecule has 2 rings (SSSR count). The lowest BCUT2D eigenvalue weighted by Gasteiger charge is -2.33. The van der Waals surface area contributed by atoms with E-state index >= 15 is 0 Å². The number of piperidine rings is 1. The van der Waals surface area contributed by atoms with Gasteiger partial charge in [0.25, 0.3) is 0 Å². The Hall–Kier alpha value is -0.380. The van der Waals surface area contributed by atoms with Crippen molar-refractivity contribution in [2.45, 2.75) is 45.6 Å². The molecule has 1 saturated heterocycles.